The second-order valence-corrected chi connectivity index (χ2v) is 11.6. The average Bonchev–Trinajstić information content (AvgIpc) is 3.62. The van der Waals surface area contributed by atoms with Gasteiger partial charge in [0.05, 0.1) is 16.3 Å². The summed E-state index contributed by atoms with van der Waals surface area (Å²) in [6.45, 7) is 6.72. The van der Waals surface area contributed by atoms with Crippen molar-refractivity contribution in [2.45, 2.75) is 45.3 Å². The number of carbonyl (C=O) groups is 3. The van der Waals surface area contributed by atoms with Gasteiger partial charge in [0.1, 0.15) is 12.2 Å². The van der Waals surface area contributed by atoms with Crippen molar-refractivity contribution in [2.24, 2.45) is 22.4 Å². The van der Waals surface area contributed by atoms with Crippen molar-refractivity contribution in [3.63, 3.8) is 0 Å². The number of aromatic nitrogens is 2. The lowest BCUT2D eigenvalue weighted by molar-refractivity contribution is -0.137. The molecule has 1 spiro atoms. The molecular formula is C28H31ClF3N7O4. The number of piperidine rings is 1. The summed E-state index contributed by atoms with van der Waals surface area (Å²) >= 11 is 5.97. The zero-order chi connectivity index (χ0) is 31.4. The van der Waals surface area contributed by atoms with Crippen LogP contribution in [0.15, 0.2) is 34.6 Å². The third-order valence-corrected chi connectivity index (χ3v) is 9.08. The number of hydrogen-bond acceptors (Lipinski definition) is 7. The van der Waals surface area contributed by atoms with Gasteiger partial charge in [0, 0.05) is 49.0 Å². The normalized spacial score (nSPS) is 24.5. The second-order valence-electron chi connectivity index (χ2n) is 11.2. The van der Waals surface area contributed by atoms with Gasteiger partial charge in [-0.25, -0.2) is 5.01 Å². The Morgan fingerprint density at radius 2 is 2.07 bits per heavy atom. The number of aromatic hydroxyl groups is 1. The maximum absolute atomic E-state index is 14.0. The van der Waals surface area contributed by atoms with Crippen LogP contribution in [0.3, 0.4) is 0 Å². The van der Waals surface area contributed by atoms with E-state index in [9.17, 15) is 32.7 Å². The van der Waals surface area contributed by atoms with Crippen LogP contribution in [0.4, 0.5) is 18.9 Å². The van der Waals surface area contributed by atoms with Gasteiger partial charge in [-0.15, -0.1) is 0 Å². The largest absolute Gasteiger partial charge is 0.504 e. The SMILES string of the molecule is C=NN(CC(=O)Nc1ccc(C(F)(F)F)cc1Cl)C(=O)C1=C(NC)C2CC2C12CCN(C(=O)c1[nH]nc(C)c1O)C(C)C2. The topological polar surface area (TPSA) is 143 Å². The van der Waals surface area contributed by atoms with Gasteiger partial charge < -0.3 is 20.6 Å². The molecular weight excluding hydrogens is 591 g/mol. The van der Waals surface area contributed by atoms with Crippen molar-refractivity contribution in [1.82, 2.24) is 25.4 Å². The summed E-state index contributed by atoms with van der Waals surface area (Å²) in [5.74, 6) is -1.53. The Bertz CT molecular complexity index is 1540. The average molecular weight is 622 g/mol. The number of rotatable bonds is 7. The van der Waals surface area contributed by atoms with E-state index in [0.717, 1.165) is 29.3 Å². The van der Waals surface area contributed by atoms with E-state index in [1.807, 2.05) is 6.92 Å². The zero-order valence-electron chi connectivity index (χ0n) is 23.7. The van der Waals surface area contributed by atoms with E-state index in [4.69, 9.17) is 11.6 Å². The number of aromatic amines is 1. The molecule has 43 heavy (non-hydrogen) atoms. The van der Waals surface area contributed by atoms with Gasteiger partial charge in [-0.3, -0.25) is 19.5 Å². The molecule has 230 valence electrons. The fourth-order valence-electron chi connectivity index (χ4n) is 6.70. The summed E-state index contributed by atoms with van der Waals surface area (Å²) in [5.41, 5.74) is -0.00772. The predicted octanol–water partition coefficient (Wildman–Crippen LogP) is 3.91. The van der Waals surface area contributed by atoms with Crippen LogP contribution in [-0.2, 0) is 15.8 Å². The lowest BCUT2D eigenvalue weighted by Gasteiger charge is -2.46. The van der Waals surface area contributed by atoms with E-state index in [0.29, 0.717) is 36.7 Å². The summed E-state index contributed by atoms with van der Waals surface area (Å²) in [6, 6.07) is 2.25. The highest BCUT2D eigenvalue weighted by Gasteiger charge is 2.65. The number of hydrogen-bond donors (Lipinski definition) is 4. The van der Waals surface area contributed by atoms with Gasteiger partial charge in [0.2, 0.25) is 5.91 Å². The fourth-order valence-corrected chi connectivity index (χ4v) is 6.93. The first-order valence-electron chi connectivity index (χ1n) is 13.7. The minimum Gasteiger partial charge on any atom is -0.504 e. The number of halogens is 4. The number of carbonyl (C=O) groups excluding carboxylic acids is 3. The maximum atomic E-state index is 14.0. The number of likely N-dealkylation sites (tertiary alicyclic amines) is 1. The molecule has 1 saturated carbocycles. The van der Waals surface area contributed by atoms with Crippen LogP contribution in [0.2, 0.25) is 5.02 Å². The van der Waals surface area contributed by atoms with Gasteiger partial charge in [-0.05, 0) is 57.2 Å². The van der Waals surface area contributed by atoms with Crippen molar-refractivity contribution < 1.29 is 32.7 Å². The number of aryl methyl sites for hydroxylation is 1. The summed E-state index contributed by atoms with van der Waals surface area (Å²) in [6.07, 6.45) is -2.77. The molecule has 1 aromatic carbocycles. The molecule has 2 aromatic rings. The molecule has 0 radical (unpaired) electrons. The number of nitrogens with zero attached hydrogens (tertiary/aromatic N) is 4. The Hall–Kier alpha value is -4.07. The number of H-pyrrole nitrogens is 1. The molecule has 4 N–H and O–H groups in total. The molecule has 2 aliphatic carbocycles. The van der Waals surface area contributed by atoms with Crippen LogP contribution in [0.5, 0.6) is 5.75 Å². The summed E-state index contributed by atoms with van der Waals surface area (Å²) in [7, 11) is 1.73. The molecule has 3 aliphatic rings. The van der Waals surface area contributed by atoms with Crippen LogP contribution in [0, 0.1) is 24.2 Å². The number of nitrogens with one attached hydrogen (secondary N) is 3. The lowest BCUT2D eigenvalue weighted by atomic mass is 9.68. The summed E-state index contributed by atoms with van der Waals surface area (Å²) in [5, 5.41) is 26.8. The van der Waals surface area contributed by atoms with E-state index in [1.54, 1.807) is 18.9 Å². The number of alkyl halides is 3. The van der Waals surface area contributed by atoms with Crippen molar-refractivity contribution >= 4 is 41.7 Å². The standard InChI is InChI=1S/C28H31ClF3N7O4/c1-13-11-27(7-8-38(13)26(43)23-24(41)14(2)36-37-23)17-10-16(17)22(33-3)21(27)25(42)39(34-4)12-20(40)35-19-6-5-15(9-18(19)29)28(30,31)32/h5-6,9,13,16-17,33,41H,4,7-8,10-12H2,1-3H3,(H,35,40)(H,36,37). The summed E-state index contributed by atoms with van der Waals surface area (Å²) < 4.78 is 39.0. The minimum absolute atomic E-state index is 0.0139. The van der Waals surface area contributed by atoms with E-state index < -0.39 is 35.5 Å². The first kappa shape index (κ1) is 30.4. The first-order valence-corrected chi connectivity index (χ1v) is 14.0. The van der Waals surface area contributed by atoms with Gasteiger partial charge >= 0.3 is 6.18 Å². The monoisotopic (exact) mass is 621 g/mol. The number of amides is 3. The molecule has 1 saturated heterocycles. The van der Waals surface area contributed by atoms with Gasteiger partial charge in [-0.1, -0.05) is 11.6 Å². The van der Waals surface area contributed by atoms with E-state index in [2.05, 4.69) is 32.6 Å². The minimum atomic E-state index is -4.60. The van der Waals surface area contributed by atoms with Crippen LogP contribution in [0.1, 0.15) is 47.9 Å². The molecule has 3 amide bonds. The maximum Gasteiger partial charge on any atom is 0.416 e. The number of benzene rings is 1. The Labute approximate surface area is 250 Å². The quantitative estimate of drug-likeness (QED) is 0.273. The lowest BCUT2D eigenvalue weighted by Crippen LogP contribution is -2.51. The van der Waals surface area contributed by atoms with E-state index in [1.165, 1.54) is 0 Å². The molecule has 1 aliphatic heterocycles. The van der Waals surface area contributed by atoms with Gasteiger partial charge in [-0.2, -0.15) is 23.4 Å². The molecule has 4 atom stereocenters. The Morgan fingerprint density at radius 1 is 1.35 bits per heavy atom. The molecule has 11 nitrogen and oxygen atoms in total. The van der Waals surface area contributed by atoms with Crippen molar-refractivity contribution in [3.8, 4) is 5.75 Å². The van der Waals surface area contributed by atoms with Crippen LogP contribution >= 0.6 is 11.6 Å². The molecule has 15 heteroatoms. The molecule has 0 bridgehead atoms. The first-order chi connectivity index (χ1) is 20.2. The zero-order valence-corrected chi connectivity index (χ0v) is 24.4. The van der Waals surface area contributed by atoms with Crippen LogP contribution in [0.25, 0.3) is 0 Å². The third-order valence-electron chi connectivity index (χ3n) is 8.77. The molecule has 4 unspecified atom stereocenters. The molecule has 2 heterocycles. The number of fused-ring (bicyclic) bond motifs is 2. The number of anilines is 1. The van der Waals surface area contributed by atoms with Crippen molar-refractivity contribution in [3.05, 3.63) is 51.4 Å². The fraction of sp³-hybridized carbons (Fsp3) is 0.464. The molecule has 2 fully saturated rings. The highest BCUT2D eigenvalue weighted by molar-refractivity contribution is 6.33. The Morgan fingerprint density at radius 3 is 2.63 bits per heavy atom. The van der Waals surface area contributed by atoms with Crippen LogP contribution in [-0.4, -0.2) is 75.8 Å². The second kappa shape index (κ2) is 10.9. The smallest absolute Gasteiger partial charge is 0.416 e. The van der Waals surface area contributed by atoms with Crippen molar-refractivity contribution in [2.75, 3.05) is 25.5 Å². The van der Waals surface area contributed by atoms with E-state index >= 15 is 0 Å². The van der Waals surface area contributed by atoms with Crippen LogP contribution < -0.4 is 10.6 Å². The van der Waals surface area contributed by atoms with Crippen molar-refractivity contribution in [1.29, 1.82) is 0 Å². The molecule has 1 aromatic heterocycles. The number of hydrazone groups is 1. The van der Waals surface area contributed by atoms with E-state index in [-0.39, 0.29) is 45.9 Å². The number of allylic oxidation sites excluding steroid dienone is 1. The van der Waals surface area contributed by atoms with Gasteiger partial charge in [0.15, 0.2) is 11.4 Å². The summed E-state index contributed by atoms with van der Waals surface area (Å²) in [4.78, 5) is 41.8. The Balaban J connectivity index is 1.34. The highest BCUT2D eigenvalue weighted by atomic mass is 35.5. The predicted molar refractivity (Wildman–Crippen MR) is 151 cm³/mol. The molecule has 5 rings (SSSR count). The highest BCUT2D eigenvalue weighted by Crippen LogP contribution is 2.68. The van der Waals surface area contributed by atoms with Gasteiger partial charge in [0.25, 0.3) is 11.8 Å². The Kier molecular flexibility index (Phi) is 7.69. The third kappa shape index (κ3) is 5.21.